The molecule has 0 aliphatic rings. The molecule has 4 nitrogen and oxygen atoms in total. The maximum atomic E-state index is 5.65. The summed E-state index contributed by atoms with van der Waals surface area (Å²) >= 11 is 0. The van der Waals surface area contributed by atoms with Crippen LogP contribution in [0.4, 0.5) is 0 Å². The molecule has 0 heterocycles. The molecule has 0 saturated heterocycles. The van der Waals surface area contributed by atoms with Gasteiger partial charge in [0.15, 0.2) is 0 Å². The molecule has 18 heavy (non-hydrogen) atoms. The third-order valence-electron chi connectivity index (χ3n) is 3.01. The van der Waals surface area contributed by atoms with Gasteiger partial charge in [0.05, 0.1) is 25.8 Å². The summed E-state index contributed by atoms with van der Waals surface area (Å²) in [6.45, 7) is 6.10. The van der Waals surface area contributed by atoms with Gasteiger partial charge in [-0.2, -0.15) is 0 Å². The second-order valence-electron chi connectivity index (χ2n) is 4.10. The molecule has 0 bridgehead atoms. The standard InChI is InChI=1S/C14H22N2O2/c1-5-10(2)9-11(16-15)14-12(17-3)7-6-8-13(14)18-4/h6-8,11,16H,2,5,9,15H2,1,3-4H3. The average molecular weight is 250 g/mol. The number of methoxy groups -OCH3 is 2. The first-order chi connectivity index (χ1) is 8.67. The van der Waals surface area contributed by atoms with Gasteiger partial charge < -0.3 is 9.47 Å². The van der Waals surface area contributed by atoms with E-state index in [1.807, 2.05) is 18.2 Å². The molecule has 0 aliphatic carbocycles. The van der Waals surface area contributed by atoms with E-state index >= 15 is 0 Å². The molecule has 0 fully saturated rings. The minimum Gasteiger partial charge on any atom is -0.496 e. The highest BCUT2D eigenvalue weighted by atomic mass is 16.5. The van der Waals surface area contributed by atoms with E-state index in [-0.39, 0.29) is 6.04 Å². The number of hydrazine groups is 1. The Morgan fingerprint density at radius 3 is 2.28 bits per heavy atom. The molecule has 0 spiro atoms. The first kappa shape index (κ1) is 14.5. The fourth-order valence-corrected chi connectivity index (χ4v) is 1.90. The predicted molar refractivity (Wildman–Crippen MR) is 73.7 cm³/mol. The van der Waals surface area contributed by atoms with Gasteiger partial charge in [-0.1, -0.05) is 25.1 Å². The molecule has 1 atom stereocenters. The molecule has 0 amide bonds. The second-order valence-corrected chi connectivity index (χ2v) is 4.10. The molecule has 1 unspecified atom stereocenters. The molecule has 100 valence electrons. The summed E-state index contributed by atoms with van der Waals surface area (Å²) in [4.78, 5) is 0. The third-order valence-corrected chi connectivity index (χ3v) is 3.01. The van der Waals surface area contributed by atoms with E-state index in [0.717, 1.165) is 35.5 Å². The van der Waals surface area contributed by atoms with Gasteiger partial charge in [-0.25, -0.2) is 0 Å². The first-order valence-corrected chi connectivity index (χ1v) is 6.01. The van der Waals surface area contributed by atoms with E-state index in [9.17, 15) is 0 Å². The molecule has 3 N–H and O–H groups in total. The van der Waals surface area contributed by atoms with E-state index in [1.165, 1.54) is 0 Å². The fourth-order valence-electron chi connectivity index (χ4n) is 1.90. The summed E-state index contributed by atoms with van der Waals surface area (Å²) in [6.07, 6.45) is 1.68. The molecule has 0 saturated carbocycles. The van der Waals surface area contributed by atoms with Gasteiger partial charge in [0, 0.05) is 0 Å². The van der Waals surface area contributed by atoms with E-state index < -0.39 is 0 Å². The zero-order valence-corrected chi connectivity index (χ0v) is 11.3. The highest BCUT2D eigenvalue weighted by molar-refractivity contribution is 5.47. The van der Waals surface area contributed by atoms with Crippen molar-refractivity contribution in [2.75, 3.05) is 14.2 Å². The van der Waals surface area contributed by atoms with Crippen molar-refractivity contribution in [1.82, 2.24) is 5.43 Å². The minimum absolute atomic E-state index is 0.0662. The second kappa shape index (κ2) is 7.03. The molecule has 0 aromatic heterocycles. The molecule has 0 aliphatic heterocycles. The Morgan fingerprint density at radius 1 is 1.33 bits per heavy atom. The lowest BCUT2D eigenvalue weighted by Gasteiger charge is -2.22. The van der Waals surface area contributed by atoms with Crippen LogP contribution in [0.1, 0.15) is 31.4 Å². The number of nitrogens with two attached hydrogens (primary N) is 1. The SMILES string of the molecule is C=C(CC)CC(NN)c1c(OC)cccc1OC. The molecule has 0 radical (unpaired) electrons. The topological polar surface area (TPSA) is 56.5 Å². The summed E-state index contributed by atoms with van der Waals surface area (Å²) in [6, 6.07) is 5.63. The molecule has 4 heteroatoms. The largest absolute Gasteiger partial charge is 0.496 e. The average Bonchev–Trinajstić information content (AvgIpc) is 2.43. The van der Waals surface area contributed by atoms with Crippen molar-refractivity contribution in [3.8, 4) is 11.5 Å². The zero-order chi connectivity index (χ0) is 13.5. The Bertz CT molecular complexity index is 383. The van der Waals surface area contributed by atoms with Crippen molar-refractivity contribution in [3.63, 3.8) is 0 Å². The van der Waals surface area contributed by atoms with Gasteiger partial charge in [-0.3, -0.25) is 11.3 Å². The van der Waals surface area contributed by atoms with Crippen LogP contribution < -0.4 is 20.7 Å². The van der Waals surface area contributed by atoms with E-state index in [0.29, 0.717) is 0 Å². The van der Waals surface area contributed by atoms with Gasteiger partial charge in [-0.05, 0) is 25.0 Å². The molecular formula is C14H22N2O2. The summed E-state index contributed by atoms with van der Waals surface area (Å²) in [5, 5.41) is 0. The Labute approximate surface area is 109 Å². The molecule has 1 rings (SSSR count). The predicted octanol–water partition coefficient (Wildman–Crippen LogP) is 2.56. The lowest BCUT2D eigenvalue weighted by Crippen LogP contribution is -2.29. The highest BCUT2D eigenvalue weighted by Gasteiger charge is 2.20. The third kappa shape index (κ3) is 3.24. The first-order valence-electron chi connectivity index (χ1n) is 6.01. The van der Waals surface area contributed by atoms with Gasteiger partial charge >= 0.3 is 0 Å². The molecule has 1 aromatic carbocycles. The van der Waals surface area contributed by atoms with E-state index in [1.54, 1.807) is 14.2 Å². The van der Waals surface area contributed by atoms with Crippen molar-refractivity contribution in [2.45, 2.75) is 25.8 Å². The smallest absolute Gasteiger partial charge is 0.127 e. The Kier molecular flexibility index (Phi) is 5.68. The molecule has 1 aromatic rings. The van der Waals surface area contributed by atoms with Crippen molar-refractivity contribution >= 4 is 0 Å². The zero-order valence-electron chi connectivity index (χ0n) is 11.3. The van der Waals surface area contributed by atoms with Crippen LogP contribution in [0.15, 0.2) is 30.4 Å². The van der Waals surface area contributed by atoms with Crippen molar-refractivity contribution < 1.29 is 9.47 Å². The summed E-state index contributed by atoms with van der Waals surface area (Å²) in [5.74, 6) is 7.18. The molecular weight excluding hydrogens is 228 g/mol. The summed E-state index contributed by atoms with van der Waals surface area (Å²) in [7, 11) is 3.28. The van der Waals surface area contributed by atoms with Gasteiger partial charge in [0.2, 0.25) is 0 Å². The Balaban J connectivity index is 3.13. The maximum absolute atomic E-state index is 5.65. The number of nitrogens with one attached hydrogen (secondary N) is 1. The van der Waals surface area contributed by atoms with Crippen LogP contribution in [0.2, 0.25) is 0 Å². The lowest BCUT2D eigenvalue weighted by atomic mass is 9.97. The van der Waals surface area contributed by atoms with Crippen LogP contribution in [-0.4, -0.2) is 14.2 Å². The van der Waals surface area contributed by atoms with Crippen LogP contribution in [0.5, 0.6) is 11.5 Å². The van der Waals surface area contributed by atoms with E-state index in [2.05, 4.69) is 18.9 Å². The van der Waals surface area contributed by atoms with Crippen molar-refractivity contribution in [2.24, 2.45) is 5.84 Å². The van der Waals surface area contributed by atoms with Gasteiger partial charge in [0.1, 0.15) is 11.5 Å². The van der Waals surface area contributed by atoms with Crippen LogP contribution in [0.3, 0.4) is 0 Å². The quantitative estimate of drug-likeness (QED) is 0.443. The normalized spacial score (nSPS) is 12.0. The van der Waals surface area contributed by atoms with Crippen LogP contribution in [0, 0.1) is 0 Å². The van der Waals surface area contributed by atoms with Gasteiger partial charge in [-0.15, -0.1) is 0 Å². The van der Waals surface area contributed by atoms with Gasteiger partial charge in [0.25, 0.3) is 0 Å². The number of ether oxygens (including phenoxy) is 2. The number of hydrogen-bond donors (Lipinski definition) is 2. The van der Waals surface area contributed by atoms with Crippen molar-refractivity contribution in [3.05, 3.63) is 35.9 Å². The lowest BCUT2D eigenvalue weighted by molar-refractivity contribution is 0.370. The number of rotatable bonds is 7. The van der Waals surface area contributed by atoms with Crippen LogP contribution >= 0.6 is 0 Å². The fraction of sp³-hybridized carbons (Fsp3) is 0.429. The van der Waals surface area contributed by atoms with Crippen LogP contribution in [0.25, 0.3) is 0 Å². The minimum atomic E-state index is -0.0662. The maximum Gasteiger partial charge on any atom is 0.127 e. The number of hydrogen-bond acceptors (Lipinski definition) is 4. The Morgan fingerprint density at radius 2 is 1.89 bits per heavy atom. The highest BCUT2D eigenvalue weighted by Crippen LogP contribution is 2.36. The monoisotopic (exact) mass is 250 g/mol. The van der Waals surface area contributed by atoms with E-state index in [4.69, 9.17) is 15.3 Å². The van der Waals surface area contributed by atoms with Crippen molar-refractivity contribution in [1.29, 1.82) is 0 Å². The van der Waals surface area contributed by atoms with Crippen LogP contribution in [-0.2, 0) is 0 Å². The Hall–Kier alpha value is -1.52. The summed E-state index contributed by atoms with van der Waals surface area (Å²) in [5.41, 5.74) is 4.87. The summed E-state index contributed by atoms with van der Waals surface area (Å²) < 4.78 is 10.8. The number of benzene rings is 1.